The summed E-state index contributed by atoms with van der Waals surface area (Å²) in [5.41, 5.74) is 2.05. The van der Waals surface area contributed by atoms with Gasteiger partial charge in [0, 0.05) is 25.5 Å². The van der Waals surface area contributed by atoms with E-state index < -0.39 is 10.0 Å². The van der Waals surface area contributed by atoms with Crippen molar-refractivity contribution in [2.24, 2.45) is 0 Å². The maximum Gasteiger partial charge on any atom is 0.240 e. The van der Waals surface area contributed by atoms with Gasteiger partial charge in [0.2, 0.25) is 10.0 Å². The summed E-state index contributed by atoms with van der Waals surface area (Å²) in [7, 11) is -1.65. The first-order valence-electron chi connectivity index (χ1n) is 6.74. The molecule has 2 rings (SSSR count). The molecule has 0 saturated carbocycles. The Hall–Kier alpha value is -1.70. The van der Waals surface area contributed by atoms with Gasteiger partial charge in [0.25, 0.3) is 0 Å². The SMILES string of the molecule is CNCc1cc(S(=O)(=O)NCCn2cccn2)ccc1C. The third kappa shape index (κ3) is 4.13. The lowest BCUT2D eigenvalue weighted by molar-refractivity contribution is 0.560. The Bertz CT molecular complexity index is 681. The van der Waals surface area contributed by atoms with Crippen LogP contribution in [0, 0.1) is 6.92 Å². The van der Waals surface area contributed by atoms with Crippen molar-refractivity contribution in [1.29, 1.82) is 0 Å². The number of nitrogens with one attached hydrogen (secondary N) is 2. The summed E-state index contributed by atoms with van der Waals surface area (Å²) in [4.78, 5) is 0.291. The Morgan fingerprint density at radius 3 is 2.81 bits per heavy atom. The molecule has 0 bridgehead atoms. The molecule has 21 heavy (non-hydrogen) atoms. The van der Waals surface area contributed by atoms with Crippen molar-refractivity contribution in [2.75, 3.05) is 13.6 Å². The molecule has 0 amide bonds. The van der Waals surface area contributed by atoms with Crippen molar-refractivity contribution in [3.63, 3.8) is 0 Å². The lowest BCUT2D eigenvalue weighted by Crippen LogP contribution is -2.27. The zero-order valence-electron chi connectivity index (χ0n) is 12.2. The molecule has 0 aliphatic rings. The van der Waals surface area contributed by atoms with Crippen LogP contribution in [0.2, 0.25) is 0 Å². The highest BCUT2D eigenvalue weighted by molar-refractivity contribution is 7.89. The highest BCUT2D eigenvalue weighted by Gasteiger charge is 2.14. The van der Waals surface area contributed by atoms with Gasteiger partial charge in [-0.15, -0.1) is 0 Å². The van der Waals surface area contributed by atoms with Gasteiger partial charge in [-0.3, -0.25) is 4.68 Å². The molecule has 0 aliphatic heterocycles. The van der Waals surface area contributed by atoms with E-state index in [1.807, 2.05) is 20.0 Å². The fourth-order valence-electron chi connectivity index (χ4n) is 2.01. The first-order chi connectivity index (χ1) is 10.0. The minimum Gasteiger partial charge on any atom is -0.316 e. The standard InChI is InChI=1S/C14H20N4O2S/c1-12-4-5-14(10-13(12)11-15-2)21(19,20)17-7-9-18-8-3-6-16-18/h3-6,8,10,15,17H,7,9,11H2,1-2H3. The molecule has 0 saturated heterocycles. The van der Waals surface area contributed by atoms with Crippen LogP contribution in [-0.2, 0) is 23.1 Å². The predicted molar refractivity (Wildman–Crippen MR) is 81.4 cm³/mol. The summed E-state index contributed by atoms with van der Waals surface area (Å²) in [6.07, 6.45) is 3.46. The second-order valence-corrected chi connectivity index (χ2v) is 6.55. The molecule has 7 heteroatoms. The second-order valence-electron chi connectivity index (χ2n) is 4.79. The molecular formula is C14H20N4O2S. The average Bonchev–Trinajstić information content (AvgIpc) is 2.94. The molecule has 114 valence electrons. The minimum atomic E-state index is -3.49. The molecule has 0 unspecified atom stereocenters. The number of aromatic nitrogens is 2. The molecule has 0 atom stereocenters. The van der Waals surface area contributed by atoms with Gasteiger partial charge in [-0.1, -0.05) is 6.07 Å². The number of rotatable bonds is 7. The van der Waals surface area contributed by atoms with Crippen LogP contribution >= 0.6 is 0 Å². The first kappa shape index (κ1) is 15.7. The van der Waals surface area contributed by atoms with Gasteiger partial charge in [0.15, 0.2) is 0 Å². The molecule has 1 aromatic heterocycles. The van der Waals surface area contributed by atoms with Crippen molar-refractivity contribution in [3.8, 4) is 0 Å². The van der Waals surface area contributed by atoms with Crippen molar-refractivity contribution in [3.05, 3.63) is 47.8 Å². The highest BCUT2D eigenvalue weighted by Crippen LogP contribution is 2.15. The molecule has 6 nitrogen and oxygen atoms in total. The number of hydrogen-bond donors (Lipinski definition) is 2. The summed E-state index contributed by atoms with van der Waals surface area (Å²) < 4.78 is 28.8. The van der Waals surface area contributed by atoms with E-state index in [0.29, 0.717) is 24.5 Å². The smallest absolute Gasteiger partial charge is 0.240 e. The van der Waals surface area contributed by atoms with Crippen molar-refractivity contribution in [1.82, 2.24) is 19.8 Å². The monoisotopic (exact) mass is 308 g/mol. The van der Waals surface area contributed by atoms with Crippen LogP contribution in [0.3, 0.4) is 0 Å². The largest absolute Gasteiger partial charge is 0.316 e. The van der Waals surface area contributed by atoms with E-state index in [-0.39, 0.29) is 0 Å². The van der Waals surface area contributed by atoms with Crippen LogP contribution in [0.15, 0.2) is 41.6 Å². The van der Waals surface area contributed by atoms with Gasteiger partial charge < -0.3 is 5.32 Å². The molecule has 0 aliphatic carbocycles. The molecular weight excluding hydrogens is 288 g/mol. The van der Waals surface area contributed by atoms with Crippen LogP contribution in [-0.4, -0.2) is 31.8 Å². The average molecular weight is 308 g/mol. The van der Waals surface area contributed by atoms with Crippen LogP contribution in [0.25, 0.3) is 0 Å². The van der Waals surface area contributed by atoms with Crippen LogP contribution in [0.4, 0.5) is 0 Å². The van der Waals surface area contributed by atoms with Gasteiger partial charge in [0.05, 0.1) is 11.4 Å². The third-order valence-corrected chi connectivity index (χ3v) is 4.65. The minimum absolute atomic E-state index is 0.291. The number of hydrogen-bond acceptors (Lipinski definition) is 4. The normalized spacial score (nSPS) is 11.7. The van der Waals surface area contributed by atoms with Gasteiger partial charge in [-0.25, -0.2) is 13.1 Å². The maximum atomic E-state index is 12.3. The Morgan fingerprint density at radius 1 is 1.33 bits per heavy atom. The van der Waals surface area contributed by atoms with Gasteiger partial charge in [-0.2, -0.15) is 5.10 Å². The van der Waals surface area contributed by atoms with Crippen molar-refractivity contribution in [2.45, 2.75) is 24.9 Å². The molecule has 0 spiro atoms. The number of nitrogens with zero attached hydrogens (tertiary/aromatic N) is 2. The van der Waals surface area contributed by atoms with E-state index in [4.69, 9.17) is 0 Å². The van der Waals surface area contributed by atoms with E-state index in [1.54, 1.807) is 35.3 Å². The van der Waals surface area contributed by atoms with E-state index in [2.05, 4.69) is 15.1 Å². The van der Waals surface area contributed by atoms with E-state index in [9.17, 15) is 8.42 Å². The summed E-state index contributed by atoms with van der Waals surface area (Å²) in [5.74, 6) is 0. The van der Waals surface area contributed by atoms with Crippen molar-refractivity contribution >= 4 is 10.0 Å². The Balaban J connectivity index is 2.06. The maximum absolute atomic E-state index is 12.3. The topological polar surface area (TPSA) is 76.0 Å². The Kier molecular flexibility index (Phi) is 5.11. The van der Waals surface area contributed by atoms with Crippen LogP contribution < -0.4 is 10.0 Å². The second kappa shape index (κ2) is 6.84. The molecule has 2 aromatic rings. The zero-order valence-corrected chi connectivity index (χ0v) is 13.0. The van der Waals surface area contributed by atoms with Gasteiger partial charge in [-0.05, 0) is 43.3 Å². The number of aryl methyl sites for hydroxylation is 1. The quantitative estimate of drug-likeness (QED) is 0.796. The summed E-state index contributed by atoms with van der Waals surface area (Å²) in [6.45, 7) is 3.41. The lowest BCUT2D eigenvalue weighted by atomic mass is 10.1. The highest BCUT2D eigenvalue weighted by atomic mass is 32.2. The molecule has 0 radical (unpaired) electrons. The molecule has 1 aromatic carbocycles. The van der Waals surface area contributed by atoms with E-state index in [1.165, 1.54) is 0 Å². The summed E-state index contributed by atoms with van der Waals surface area (Å²) in [6, 6.07) is 6.97. The summed E-state index contributed by atoms with van der Waals surface area (Å²) >= 11 is 0. The van der Waals surface area contributed by atoms with E-state index >= 15 is 0 Å². The van der Waals surface area contributed by atoms with Gasteiger partial charge in [0.1, 0.15) is 0 Å². The predicted octanol–water partition coefficient (Wildman–Crippen LogP) is 0.889. The number of benzene rings is 1. The fourth-order valence-corrected chi connectivity index (χ4v) is 3.08. The fraction of sp³-hybridized carbons (Fsp3) is 0.357. The molecule has 1 heterocycles. The molecule has 2 N–H and O–H groups in total. The van der Waals surface area contributed by atoms with Crippen LogP contribution in [0.1, 0.15) is 11.1 Å². The van der Waals surface area contributed by atoms with Gasteiger partial charge >= 0.3 is 0 Å². The third-order valence-electron chi connectivity index (χ3n) is 3.19. The molecule has 0 fully saturated rings. The zero-order chi connectivity index (χ0) is 15.3. The first-order valence-corrected chi connectivity index (χ1v) is 8.22. The Labute approximate surface area is 125 Å². The summed E-state index contributed by atoms with van der Waals surface area (Å²) in [5, 5.41) is 7.07. The Morgan fingerprint density at radius 2 is 2.14 bits per heavy atom. The number of sulfonamides is 1. The van der Waals surface area contributed by atoms with E-state index in [0.717, 1.165) is 11.1 Å². The van der Waals surface area contributed by atoms with Crippen LogP contribution in [0.5, 0.6) is 0 Å². The lowest BCUT2D eigenvalue weighted by Gasteiger charge is -2.10. The van der Waals surface area contributed by atoms with Crippen molar-refractivity contribution < 1.29 is 8.42 Å².